The largest absolute Gasteiger partial charge is 0.384 e. The average Bonchev–Trinajstić information content (AvgIpc) is 2.53. The van der Waals surface area contributed by atoms with Gasteiger partial charge in [-0.1, -0.05) is 6.92 Å². The third-order valence-corrected chi connectivity index (χ3v) is 7.82. The summed E-state index contributed by atoms with van der Waals surface area (Å²) < 4.78 is 5.31. The van der Waals surface area contributed by atoms with Crippen LogP contribution in [0, 0.1) is 35.0 Å². The number of likely N-dealkylation sites (tertiary alicyclic amines) is 1. The number of nitrogens with zero attached hydrogens (tertiary/aromatic N) is 1. The standard InChI is InChI=1S/C21H35NO2/c1-15(14-24-2)19-3-5-22(6-4-19)20(23)13-21-10-16-7-17(11-21)9-18(8-16)12-21/h15-19H,3-14H2,1-2H3/t15-,16?,17?,18?,21?/m1/s1. The summed E-state index contributed by atoms with van der Waals surface area (Å²) in [6.07, 6.45) is 11.6. The Kier molecular flexibility index (Phi) is 4.66. The lowest BCUT2D eigenvalue weighted by molar-refractivity contribution is -0.141. The molecule has 4 aliphatic carbocycles. The number of carbonyl (C=O) groups is 1. The van der Waals surface area contributed by atoms with Crippen molar-refractivity contribution in [1.29, 1.82) is 0 Å². The van der Waals surface area contributed by atoms with Gasteiger partial charge in [0.15, 0.2) is 0 Å². The molecule has 0 unspecified atom stereocenters. The Bertz CT molecular complexity index is 431. The van der Waals surface area contributed by atoms with E-state index in [0.29, 0.717) is 17.2 Å². The van der Waals surface area contributed by atoms with Gasteiger partial charge in [0.2, 0.25) is 5.91 Å². The van der Waals surface area contributed by atoms with Gasteiger partial charge in [0.25, 0.3) is 0 Å². The third kappa shape index (κ3) is 3.25. The SMILES string of the molecule is COC[C@@H](C)C1CCN(C(=O)CC23CC4CC(CC(C4)C2)C3)CC1. The highest BCUT2D eigenvalue weighted by molar-refractivity contribution is 5.77. The van der Waals surface area contributed by atoms with Crippen molar-refractivity contribution in [3.8, 4) is 0 Å². The molecule has 5 rings (SSSR count). The van der Waals surface area contributed by atoms with E-state index >= 15 is 0 Å². The normalized spacial score (nSPS) is 40.1. The van der Waals surface area contributed by atoms with E-state index in [-0.39, 0.29) is 0 Å². The van der Waals surface area contributed by atoms with Crippen LogP contribution in [0.3, 0.4) is 0 Å². The highest BCUT2D eigenvalue weighted by Gasteiger charge is 2.51. The van der Waals surface area contributed by atoms with Gasteiger partial charge in [-0.25, -0.2) is 0 Å². The molecule has 1 atom stereocenters. The summed E-state index contributed by atoms with van der Waals surface area (Å²) in [5.74, 6) is 4.66. The first-order valence-corrected chi connectivity index (χ1v) is 10.3. The molecule has 5 fully saturated rings. The fraction of sp³-hybridized carbons (Fsp3) is 0.952. The smallest absolute Gasteiger partial charge is 0.223 e. The monoisotopic (exact) mass is 333 g/mol. The number of methoxy groups -OCH3 is 1. The number of ether oxygens (including phenoxy) is 1. The molecule has 3 nitrogen and oxygen atoms in total. The second-order valence-corrected chi connectivity index (χ2v) is 9.75. The first kappa shape index (κ1) is 16.9. The summed E-state index contributed by atoms with van der Waals surface area (Å²) in [4.78, 5) is 15.2. The minimum absolute atomic E-state index is 0.395. The zero-order valence-electron chi connectivity index (χ0n) is 15.6. The van der Waals surface area contributed by atoms with Crippen molar-refractivity contribution in [2.75, 3.05) is 26.8 Å². The number of hydrogen-bond acceptors (Lipinski definition) is 2. The van der Waals surface area contributed by atoms with Crippen LogP contribution in [0.5, 0.6) is 0 Å². The number of amides is 1. The number of carbonyl (C=O) groups excluding carboxylic acids is 1. The van der Waals surface area contributed by atoms with E-state index in [4.69, 9.17) is 4.74 Å². The quantitative estimate of drug-likeness (QED) is 0.757. The second-order valence-electron chi connectivity index (χ2n) is 9.75. The second kappa shape index (κ2) is 6.63. The van der Waals surface area contributed by atoms with Crippen LogP contribution in [0.15, 0.2) is 0 Å². The maximum atomic E-state index is 13.0. The predicted octanol–water partition coefficient (Wildman–Crippen LogP) is 4.11. The predicted molar refractivity (Wildman–Crippen MR) is 95.6 cm³/mol. The molecule has 0 radical (unpaired) electrons. The molecule has 3 heteroatoms. The zero-order chi connectivity index (χ0) is 16.7. The highest BCUT2D eigenvalue weighted by Crippen LogP contribution is 2.61. The summed E-state index contributed by atoms with van der Waals surface area (Å²) in [5.41, 5.74) is 0.395. The van der Waals surface area contributed by atoms with Crippen LogP contribution >= 0.6 is 0 Å². The van der Waals surface area contributed by atoms with E-state index in [1.165, 1.54) is 38.5 Å². The number of rotatable bonds is 5. The van der Waals surface area contributed by atoms with Crippen LogP contribution in [-0.2, 0) is 9.53 Å². The lowest BCUT2D eigenvalue weighted by Crippen LogP contribution is -2.49. The van der Waals surface area contributed by atoms with Gasteiger partial charge in [0, 0.05) is 33.2 Å². The maximum Gasteiger partial charge on any atom is 0.223 e. The van der Waals surface area contributed by atoms with Crippen LogP contribution in [-0.4, -0.2) is 37.6 Å². The molecule has 1 heterocycles. The molecule has 1 saturated heterocycles. The van der Waals surface area contributed by atoms with Crippen molar-refractivity contribution >= 4 is 5.91 Å². The van der Waals surface area contributed by atoms with Crippen molar-refractivity contribution in [2.24, 2.45) is 35.0 Å². The molecule has 0 N–H and O–H groups in total. The molecule has 4 bridgehead atoms. The zero-order valence-corrected chi connectivity index (χ0v) is 15.6. The van der Waals surface area contributed by atoms with Crippen LogP contribution in [0.25, 0.3) is 0 Å². The molecule has 5 aliphatic rings. The molecule has 0 aromatic carbocycles. The van der Waals surface area contributed by atoms with Crippen LogP contribution in [0.1, 0.15) is 64.7 Å². The van der Waals surface area contributed by atoms with Crippen LogP contribution in [0.2, 0.25) is 0 Å². The van der Waals surface area contributed by atoms with E-state index in [9.17, 15) is 4.79 Å². The minimum Gasteiger partial charge on any atom is -0.384 e. The topological polar surface area (TPSA) is 29.5 Å². The molecular formula is C21H35NO2. The van der Waals surface area contributed by atoms with E-state index in [1.807, 2.05) is 0 Å². The molecule has 24 heavy (non-hydrogen) atoms. The van der Waals surface area contributed by atoms with Gasteiger partial charge in [0.05, 0.1) is 0 Å². The molecule has 136 valence electrons. The van der Waals surface area contributed by atoms with E-state index < -0.39 is 0 Å². The highest BCUT2D eigenvalue weighted by atomic mass is 16.5. The molecular weight excluding hydrogens is 298 g/mol. The van der Waals surface area contributed by atoms with Gasteiger partial charge in [-0.15, -0.1) is 0 Å². The van der Waals surface area contributed by atoms with Gasteiger partial charge < -0.3 is 9.64 Å². The lowest BCUT2D eigenvalue weighted by atomic mass is 9.49. The molecule has 1 aliphatic heterocycles. The Morgan fingerprint density at radius 3 is 2.12 bits per heavy atom. The summed E-state index contributed by atoms with van der Waals surface area (Å²) in [5, 5.41) is 0. The summed E-state index contributed by atoms with van der Waals surface area (Å²) in [6, 6.07) is 0. The van der Waals surface area contributed by atoms with Gasteiger partial charge in [-0.05, 0) is 86.4 Å². The van der Waals surface area contributed by atoms with Gasteiger partial charge in [0.1, 0.15) is 0 Å². The van der Waals surface area contributed by atoms with Crippen LogP contribution < -0.4 is 0 Å². The number of hydrogen-bond donors (Lipinski definition) is 0. The van der Waals surface area contributed by atoms with Gasteiger partial charge >= 0.3 is 0 Å². The molecule has 1 amide bonds. The Morgan fingerprint density at radius 1 is 1.08 bits per heavy atom. The van der Waals surface area contributed by atoms with Crippen molar-refractivity contribution in [3.63, 3.8) is 0 Å². The fourth-order valence-electron chi connectivity index (χ4n) is 7.06. The minimum atomic E-state index is 0.395. The average molecular weight is 334 g/mol. The Morgan fingerprint density at radius 2 is 1.62 bits per heavy atom. The third-order valence-electron chi connectivity index (χ3n) is 7.82. The van der Waals surface area contributed by atoms with E-state index in [1.54, 1.807) is 7.11 Å². The van der Waals surface area contributed by atoms with Crippen LogP contribution in [0.4, 0.5) is 0 Å². The molecule has 4 saturated carbocycles. The summed E-state index contributed by atoms with van der Waals surface area (Å²) in [7, 11) is 1.79. The van der Waals surface area contributed by atoms with Gasteiger partial charge in [-0.2, -0.15) is 0 Å². The lowest BCUT2D eigenvalue weighted by Gasteiger charge is -2.57. The van der Waals surface area contributed by atoms with Crippen molar-refractivity contribution in [3.05, 3.63) is 0 Å². The summed E-state index contributed by atoms with van der Waals surface area (Å²) in [6.45, 7) is 5.10. The Balaban J connectivity index is 1.31. The number of piperidine rings is 1. The molecule has 0 aromatic rings. The van der Waals surface area contributed by atoms with Crippen molar-refractivity contribution in [2.45, 2.75) is 64.7 Å². The Hall–Kier alpha value is -0.570. The van der Waals surface area contributed by atoms with Crippen molar-refractivity contribution in [1.82, 2.24) is 4.90 Å². The van der Waals surface area contributed by atoms with Gasteiger partial charge in [-0.3, -0.25) is 4.79 Å². The molecule has 0 spiro atoms. The van der Waals surface area contributed by atoms with Crippen molar-refractivity contribution < 1.29 is 9.53 Å². The van der Waals surface area contributed by atoms with E-state index in [0.717, 1.165) is 62.6 Å². The first-order chi connectivity index (χ1) is 11.6. The first-order valence-electron chi connectivity index (χ1n) is 10.3. The maximum absolute atomic E-state index is 13.0. The Labute approximate surface area is 147 Å². The van der Waals surface area contributed by atoms with E-state index in [2.05, 4.69) is 11.8 Å². The fourth-order valence-corrected chi connectivity index (χ4v) is 7.06. The molecule has 0 aromatic heterocycles. The summed E-state index contributed by atoms with van der Waals surface area (Å²) >= 11 is 0.